The molecule has 0 radical (unpaired) electrons. The topological polar surface area (TPSA) is 124 Å². The predicted octanol–water partition coefficient (Wildman–Crippen LogP) is -2.63. The van der Waals surface area contributed by atoms with E-state index in [4.69, 9.17) is 0 Å². The van der Waals surface area contributed by atoms with Gasteiger partial charge < -0.3 is 20.8 Å². The van der Waals surface area contributed by atoms with Crippen LogP contribution in [-0.2, 0) is 0 Å². The van der Waals surface area contributed by atoms with Gasteiger partial charge in [0.1, 0.15) is 5.82 Å². The first-order chi connectivity index (χ1) is 12.5. The molecule has 130 valence electrons. The third-order valence-corrected chi connectivity index (χ3v) is 3.48. The van der Waals surface area contributed by atoms with E-state index in [1.165, 1.54) is 18.3 Å². The summed E-state index contributed by atoms with van der Waals surface area (Å²) < 4.78 is 0. The van der Waals surface area contributed by atoms with E-state index in [-0.39, 0.29) is 76.2 Å². The maximum atomic E-state index is 11.3. The van der Waals surface area contributed by atoms with Gasteiger partial charge in [-0.05, 0) is 30.3 Å². The van der Waals surface area contributed by atoms with Crippen LogP contribution < -0.4 is 69.7 Å². The molecule has 0 saturated heterocycles. The summed E-state index contributed by atoms with van der Waals surface area (Å²) in [5, 5.41) is 24.2. The van der Waals surface area contributed by atoms with Crippen molar-refractivity contribution in [2.24, 2.45) is 0 Å². The van der Waals surface area contributed by atoms with E-state index in [1.54, 1.807) is 42.5 Å². The van der Waals surface area contributed by atoms with Crippen molar-refractivity contribution in [1.29, 1.82) is 0 Å². The minimum atomic E-state index is -1.07. The van der Waals surface area contributed by atoms with Crippen LogP contribution in [0.3, 0.4) is 0 Å². The molecule has 28 heavy (non-hydrogen) atoms. The number of benzene rings is 2. The normalized spacial score (nSPS) is 9.43. The molecule has 0 aliphatic rings. The first-order valence-electron chi connectivity index (χ1n) is 7.56. The van der Waals surface area contributed by atoms with Crippen LogP contribution >= 0.6 is 0 Å². The molecule has 1 aromatic heterocycles. The number of nitrogens with one attached hydrogen (secondary N) is 2. The molecule has 10 heteroatoms. The molecule has 0 aliphatic carbocycles. The van der Waals surface area contributed by atoms with E-state index in [2.05, 4.69) is 20.6 Å². The summed E-state index contributed by atoms with van der Waals surface area (Å²) >= 11 is 0. The van der Waals surface area contributed by atoms with Gasteiger partial charge in [-0.3, -0.25) is 0 Å². The summed E-state index contributed by atoms with van der Waals surface area (Å²) in [6, 6.07) is 14.4. The number of anilines is 4. The molecule has 3 aromatic rings. The Hall–Kier alpha value is -1.94. The fraction of sp³-hybridized carbons (Fsp3) is 0. The number of nitrogens with zero attached hydrogens (tertiary/aromatic N) is 2. The van der Waals surface area contributed by atoms with Crippen LogP contribution in [0.15, 0.2) is 60.8 Å². The van der Waals surface area contributed by atoms with E-state index in [0.29, 0.717) is 17.2 Å². The third kappa shape index (κ3) is 6.03. The number of aromatic nitrogens is 2. The minimum Gasteiger partial charge on any atom is -0.478 e. The quantitative estimate of drug-likeness (QED) is 0.334. The van der Waals surface area contributed by atoms with Crippen molar-refractivity contribution in [2.45, 2.75) is 0 Å². The summed E-state index contributed by atoms with van der Waals surface area (Å²) in [5.41, 5.74) is 0.932. The number of carbonyl (C=O) groups is 2. The number of rotatable bonds is 6. The minimum absolute atomic E-state index is 0. The fourth-order valence-corrected chi connectivity index (χ4v) is 2.30. The third-order valence-electron chi connectivity index (χ3n) is 3.48. The van der Waals surface area contributed by atoms with E-state index in [0.717, 1.165) is 0 Å². The van der Waals surface area contributed by atoms with Crippen LogP contribution in [0.25, 0.3) is 0 Å². The van der Waals surface area contributed by atoms with Crippen LogP contribution in [0, 0.1) is 0 Å². The number of para-hydroxylation sites is 2. The molecule has 0 saturated carbocycles. The first kappa shape index (κ1) is 24.1. The van der Waals surface area contributed by atoms with Gasteiger partial charge in [-0.15, -0.1) is 0 Å². The largest absolute Gasteiger partial charge is 1.00 e. The van der Waals surface area contributed by atoms with Gasteiger partial charge in [0.05, 0.1) is 22.5 Å². The van der Waals surface area contributed by atoms with Crippen LogP contribution in [0.1, 0.15) is 20.7 Å². The summed E-state index contributed by atoms with van der Waals surface area (Å²) in [5.74, 6) is -1.59. The summed E-state index contributed by atoms with van der Waals surface area (Å²) in [4.78, 5) is 30.9. The molecule has 0 amide bonds. The first-order valence-corrected chi connectivity index (χ1v) is 7.56. The van der Waals surface area contributed by atoms with Crippen molar-refractivity contribution < 1.29 is 78.9 Å². The number of carboxylic acid groups (broad SMARTS) is 2. The maximum Gasteiger partial charge on any atom is 1.00 e. The van der Waals surface area contributed by atoms with Gasteiger partial charge in [0.15, 0.2) is 0 Å². The Morgan fingerprint density at radius 2 is 1.25 bits per heavy atom. The predicted molar refractivity (Wildman–Crippen MR) is 95.4 cm³/mol. The second kappa shape index (κ2) is 11.2. The number of hydrogen-bond acceptors (Lipinski definition) is 6. The van der Waals surface area contributed by atoms with Gasteiger partial charge in [-0.25, -0.2) is 14.6 Å². The van der Waals surface area contributed by atoms with E-state index in [1.807, 2.05) is 0 Å². The molecular formula is C18H14N4Na2O4+2. The molecule has 2 aromatic carbocycles. The Kier molecular flexibility index (Phi) is 9.60. The Bertz CT molecular complexity index is 910. The fourth-order valence-electron chi connectivity index (χ4n) is 2.30. The summed E-state index contributed by atoms with van der Waals surface area (Å²) in [7, 11) is 0. The number of hydrogen-bond donors (Lipinski definition) is 4. The zero-order chi connectivity index (χ0) is 18.5. The Labute approximate surface area is 205 Å². The van der Waals surface area contributed by atoms with Gasteiger partial charge in [-0.2, -0.15) is 4.98 Å². The van der Waals surface area contributed by atoms with Gasteiger partial charge in [0.2, 0.25) is 5.95 Å². The van der Waals surface area contributed by atoms with E-state index < -0.39 is 11.9 Å². The molecule has 3 rings (SSSR count). The standard InChI is InChI=1S/C18H14N4O4.2Na/c23-16(24)11-5-1-3-7-13(11)20-15-9-10-19-18(22-15)21-14-8-4-2-6-12(14)17(25)26;;/h1-10H,(H,23,24)(H,25,26)(H2,19,20,21,22);;/q;2*+1. The van der Waals surface area contributed by atoms with E-state index >= 15 is 0 Å². The van der Waals surface area contributed by atoms with Gasteiger partial charge >= 0.3 is 71.1 Å². The van der Waals surface area contributed by atoms with Gasteiger partial charge in [0.25, 0.3) is 0 Å². The van der Waals surface area contributed by atoms with Crippen molar-refractivity contribution in [2.75, 3.05) is 10.6 Å². The van der Waals surface area contributed by atoms with Crippen molar-refractivity contribution in [3.63, 3.8) is 0 Å². The smallest absolute Gasteiger partial charge is 0.478 e. The van der Waals surface area contributed by atoms with Crippen LogP contribution in [0.2, 0.25) is 0 Å². The van der Waals surface area contributed by atoms with Crippen molar-refractivity contribution in [1.82, 2.24) is 9.97 Å². The average Bonchev–Trinajstić information content (AvgIpc) is 2.62. The number of carboxylic acids is 2. The molecule has 0 fully saturated rings. The SMILES string of the molecule is O=C(O)c1ccccc1Nc1ccnc(Nc2ccccc2C(=O)O)n1.[Na+].[Na+]. The van der Waals surface area contributed by atoms with Crippen molar-refractivity contribution in [3.8, 4) is 0 Å². The zero-order valence-corrected chi connectivity index (χ0v) is 19.4. The second-order valence-corrected chi connectivity index (χ2v) is 5.22. The molecule has 0 spiro atoms. The number of aromatic carboxylic acids is 2. The Morgan fingerprint density at radius 3 is 1.79 bits per heavy atom. The Morgan fingerprint density at radius 1 is 0.750 bits per heavy atom. The monoisotopic (exact) mass is 396 g/mol. The molecular weight excluding hydrogens is 382 g/mol. The molecule has 0 unspecified atom stereocenters. The average molecular weight is 396 g/mol. The van der Waals surface area contributed by atoms with Gasteiger partial charge in [-0.1, -0.05) is 24.3 Å². The van der Waals surface area contributed by atoms with Crippen LogP contribution in [-0.4, -0.2) is 32.1 Å². The molecule has 0 atom stereocenters. The summed E-state index contributed by atoms with van der Waals surface area (Å²) in [6.45, 7) is 0. The van der Waals surface area contributed by atoms with Crippen LogP contribution in [0.5, 0.6) is 0 Å². The maximum absolute atomic E-state index is 11.3. The summed E-state index contributed by atoms with van der Waals surface area (Å²) in [6.07, 6.45) is 1.48. The molecule has 8 nitrogen and oxygen atoms in total. The molecule has 0 aliphatic heterocycles. The van der Waals surface area contributed by atoms with Gasteiger partial charge in [0, 0.05) is 6.20 Å². The van der Waals surface area contributed by atoms with Crippen molar-refractivity contribution >= 4 is 35.1 Å². The molecule has 4 N–H and O–H groups in total. The molecule has 1 heterocycles. The van der Waals surface area contributed by atoms with Crippen LogP contribution in [0.4, 0.5) is 23.1 Å². The second-order valence-electron chi connectivity index (χ2n) is 5.22. The van der Waals surface area contributed by atoms with Crippen molar-refractivity contribution in [3.05, 3.63) is 71.9 Å². The van der Waals surface area contributed by atoms with E-state index in [9.17, 15) is 19.8 Å². The molecule has 0 bridgehead atoms. The Balaban J connectivity index is 0.00000196. The zero-order valence-electron chi connectivity index (χ0n) is 15.4.